The fourth-order valence-corrected chi connectivity index (χ4v) is 2.43. The van der Waals surface area contributed by atoms with Gasteiger partial charge in [0.05, 0.1) is 6.10 Å². The molecule has 0 saturated heterocycles. The molecule has 0 spiro atoms. The first-order valence-electron chi connectivity index (χ1n) is 6.47. The van der Waals surface area contributed by atoms with Crippen LogP contribution in [0, 0.1) is 11.8 Å². The minimum absolute atomic E-state index is 0.119. The smallest absolute Gasteiger partial charge is 0.191 e. The Bertz CT molecular complexity index is 243. The van der Waals surface area contributed by atoms with E-state index in [0.29, 0.717) is 6.61 Å². The van der Waals surface area contributed by atoms with E-state index in [1.165, 1.54) is 0 Å². The lowest BCUT2D eigenvalue weighted by Gasteiger charge is -2.37. The van der Waals surface area contributed by atoms with E-state index in [1.807, 2.05) is 13.8 Å². The Morgan fingerprint density at radius 1 is 1.29 bits per heavy atom. The minimum Gasteiger partial charge on any atom is -0.416 e. The Balaban J connectivity index is 4.34. The molecule has 0 unspecified atom stereocenters. The molecule has 0 amide bonds. The Morgan fingerprint density at radius 2 is 1.76 bits per heavy atom. The summed E-state index contributed by atoms with van der Waals surface area (Å²) >= 11 is 0. The van der Waals surface area contributed by atoms with Gasteiger partial charge in [-0.2, -0.15) is 0 Å². The molecule has 17 heavy (non-hydrogen) atoms. The highest BCUT2D eigenvalue weighted by atomic mass is 28.4. The first kappa shape index (κ1) is 16.9. The van der Waals surface area contributed by atoms with Gasteiger partial charge in [-0.15, -0.1) is 6.58 Å². The van der Waals surface area contributed by atoms with Crippen LogP contribution in [0.2, 0.25) is 18.1 Å². The molecule has 0 saturated carbocycles. The number of hydrogen-bond donors (Lipinski definition) is 1. The molecule has 0 aliphatic rings. The zero-order chi connectivity index (χ0) is 13.9. The van der Waals surface area contributed by atoms with Crippen LogP contribution < -0.4 is 0 Å². The molecular weight excluding hydrogens is 228 g/mol. The quantitative estimate of drug-likeness (QED) is 0.579. The third-order valence-corrected chi connectivity index (χ3v) is 8.51. The lowest BCUT2D eigenvalue weighted by Crippen LogP contribution is -2.43. The fraction of sp³-hybridized carbons (Fsp3) is 0.857. The van der Waals surface area contributed by atoms with Crippen molar-refractivity contribution in [2.45, 2.75) is 58.9 Å². The summed E-state index contributed by atoms with van der Waals surface area (Å²) in [5.41, 5.74) is 0. The van der Waals surface area contributed by atoms with Crippen LogP contribution in [0.4, 0.5) is 0 Å². The molecule has 0 radical (unpaired) electrons. The van der Waals surface area contributed by atoms with Gasteiger partial charge in [0, 0.05) is 18.4 Å². The van der Waals surface area contributed by atoms with Crippen LogP contribution in [0.1, 0.15) is 34.6 Å². The Morgan fingerprint density at radius 3 is 2.12 bits per heavy atom. The average molecular weight is 258 g/mol. The fourth-order valence-electron chi connectivity index (χ4n) is 1.31. The van der Waals surface area contributed by atoms with E-state index in [9.17, 15) is 5.11 Å². The van der Waals surface area contributed by atoms with Gasteiger partial charge in [-0.25, -0.2) is 0 Å². The van der Waals surface area contributed by atoms with Gasteiger partial charge >= 0.3 is 0 Å². The van der Waals surface area contributed by atoms with Gasteiger partial charge in [0.15, 0.2) is 8.32 Å². The molecule has 0 bridgehead atoms. The average Bonchev–Trinajstić information content (AvgIpc) is 2.22. The molecule has 0 aliphatic heterocycles. The summed E-state index contributed by atoms with van der Waals surface area (Å²) in [5, 5.41) is 10.3. The van der Waals surface area contributed by atoms with Gasteiger partial charge in [-0.05, 0) is 18.1 Å². The van der Waals surface area contributed by atoms with E-state index in [1.54, 1.807) is 6.08 Å². The van der Waals surface area contributed by atoms with Gasteiger partial charge in [0.25, 0.3) is 0 Å². The van der Waals surface area contributed by atoms with Gasteiger partial charge in [-0.1, -0.05) is 40.7 Å². The normalized spacial score (nSPS) is 18.6. The second-order valence-corrected chi connectivity index (χ2v) is 11.4. The van der Waals surface area contributed by atoms with Crippen molar-refractivity contribution in [1.82, 2.24) is 0 Å². The van der Waals surface area contributed by atoms with Gasteiger partial charge in [0.2, 0.25) is 0 Å². The molecule has 1 N–H and O–H groups in total. The largest absolute Gasteiger partial charge is 0.416 e. The summed E-state index contributed by atoms with van der Waals surface area (Å²) in [6, 6.07) is 0. The standard InChI is InChI=1S/C14H30O2Si/c1-9-11(2)13(15)12(3)10-16-17(7,8)14(4,5)6/h9,11-13,15H,1,10H2,2-8H3/t11-,12-,13-/m0/s1. The second kappa shape index (κ2) is 6.16. The SMILES string of the molecule is C=C[C@H](C)[C@H](O)[C@@H](C)CO[Si](C)(C)C(C)(C)C. The van der Waals surface area contributed by atoms with E-state index >= 15 is 0 Å². The predicted molar refractivity (Wildman–Crippen MR) is 77.7 cm³/mol. The van der Waals surface area contributed by atoms with Crippen molar-refractivity contribution in [1.29, 1.82) is 0 Å². The summed E-state index contributed by atoms with van der Waals surface area (Å²) < 4.78 is 6.12. The lowest BCUT2D eigenvalue weighted by atomic mass is 9.94. The van der Waals surface area contributed by atoms with Crippen LogP contribution >= 0.6 is 0 Å². The van der Waals surface area contributed by atoms with Crippen LogP contribution in [0.5, 0.6) is 0 Å². The van der Waals surface area contributed by atoms with Gasteiger partial charge in [0.1, 0.15) is 0 Å². The highest BCUT2D eigenvalue weighted by Crippen LogP contribution is 2.37. The molecular formula is C14H30O2Si. The molecule has 3 heteroatoms. The van der Waals surface area contributed by atoms with E-state index in [2.05, 4.69) is 40.4 Å². The monoisotopic (exact) mass is 258 g/mol. The summed E-state index contributed by atoms with van der Waals surface area (Å²) in [5.74, 6) is 0.269. The summed E-state index contributed by atoms with van der Waals surface area (Å²) in [6.45, 7) is 19.5. The highest BCUT2D eigenvalue weighted by Gasteiger charge is 2.37. The van der Waals surface area contributed by atoms with E-state index < -0.39 is 8.32 Å². The first-order chi connectivity index (χ1) is 7.53. The summed E-state index contributed by atoms with van der Waals surface area (Å²) in [6.07, 6.45) is 1.44. The molecule has 0 aromatic heterocycles. The van der Waals surface area contributed by atoms with Crippen molar-refractivity contribution in [3.8, 4) is 0 Å². The van der Waals surface area contributed by atoms with Crippen LogP contribution in [-0.4, -0.2) is 26.1 Å². The molecule has 0 fully saturated rings. The van der Waals surface area contributed by atoms with Gasteiger partial charge in [-0.3, -0.25) is 0 Å². The van der Waals surface area contributed by atoms with Crippen molar-refractivity contribution in [2.75, 3.05) is 6.61 Å². The Labute approximate surface area is 108 Å². The summed E-state index contributed by atoms with van der Waals surface area (Å²) in [7, 11) is -1.70. The van der Waals surface area contributed by atoms with Crippen molar-refractivity contribution in [3.63, 3.8) is 0 Å². The zero-order valence-electron chi connectivity index (χ0n) is 12.6. The van der Waals surface area contributed by atoms with Gasteiger partial charge < -0.3 is 9.53 Å². The Hall–Kier alpha value is -0.123. The molecule has 3 atom stereocenters. The molecule has 0 aromatic carbocycles. The number of aliphatic hydroxyl groups excluding tert-OH is 1. The molecule has 0 heterocycles. The van der Waals surface area contributed by atoms with Crippen molar-refractivity contribution < 1.29 is 9.53 Å². The van der Waals surface area contributed by atoms with E-state index in [4.69, 9.17) is 4.43 Å². The topological polar surface area (TPSA) is 29.5 Å². The van der Waals surface area contributed by atoms with Crippen LogP contribution in [0.3, 0.4) is 0 Å². The molecule has 102 valence electrons. The predicted octanol–water partition coefficient (Wildman–Crippen LogP) is 3.83. The Kier molecular flexibility index (Phi) is 6.12. The molecule has 0 rings (SSSR count). The van der Waals surface area contributed by atoms with Crippen molar-refractivity contribution >= 4 is 8.32 Å². The van der Waals surface area contributed by atoms with Crippen molar-refractivity contribution in [3.05, 3.63) is 12.7 Å². The maximum absolute atomic E-state index is 10.1. The lowest BCUT2D eigenvalue weighted by molar-refractivity contribution is 0.0540. The molecule has 2 nitrogen and oxygen atoms in total. The first-order valence-corrected chi connectivity index (χ1v) is 9.38. The highest BCUT2D eigenvalue weighted by molar-refractivity contribution is 6.74. The third-order valence-electron chi connectivity index (χ3n) is 4.01. The number of hydrogen-bond acceptors (Lipinski definition) is 2. The van der Waals surface area contributed by atoms with Crippen LogP contribution in [0.15, 0.2) is 12.7 Å². The van der Waals surface area contributed by atoms with E-state index in [0.717, 1.165) is 0 Å². The molecule has 0 aromatic rings. The van der Waals surface area contributed by atoms with Crippen LogP contribution in [-0.2, 0) is 4.43 Å². The van der Waals surface area contributed by atoms with Crippen molar-refractivity contribution in [2.24, 2.45) is 11.8 Å². The number of rotatable bonds is 6. The maximum Gasteiger partial charge on any atom is 0.191 e. The minimum atomic E-state index is -1.70. The third kappa shape index (κ3) is 4.94. The molecule has 0 aliphatic carbocycles. The maximum atomic E-state index is 10.1. The number of aliphatic hydroxyl groups is 1. The van der Waals surface area contributed by atoms with E-state index in [-0.39, 0.29) is 23.0 Å². The second-order valence-electron chi connectivity index (χ2n) is 6.63. The summed E-state index contributed by atoms with van der Waals surface area (Å²) in [4.78, 5) is 0. The van der Waals surface area contributed by atoms with Crippen LogP contribution in [0.25, 0.3) is 0 Å². The zero-order valence-corrected chi connectivity index (χ0v) is 13.6.